The van der Waals surface area contributed by atoms with Crippen molar-refractivity contribution in [3.05, 3.63) is 47.7 Å². The molecular formula is C11H10F6IN. The van der Waals surface area contributed by atoms with Crippen molar-refractivity contribution in [1.29, 1.82) is 0 Å². The van der Waals surface area contributed by atoms with E-state index < -0.39 is 23.5 Å². The third kappa shape index (κ3) is 6.17. The summed E-state index contributed by atoms with van der Waals surface area (Å²) >= 11 is 1.62. The van der Waals surface area contributed by atoms with E-state index in [-0.39, 0.29) is 17.3 Å². The topological polar surface area (TPSA) is 12.0 Å². The molecule has 0 radical (unpaired) electrons. The van der Waals surface area contributed by atoms with Crippen LogP contribution in [0.25, 0.3) is 0 Å². The molecule has 0 atom stereocenters. The van der Waals surface area contributed by atoms with Crippen LogP contribution in [0.15, 0.2) is 47.7 Å². The van der Waals surface area contributed by atoms with E-state index in [1.165, 1.54) is 0 Å². The second kappa shape index (κ2) is 6.49. The van der Waals surface area contributed by atoms with Gasteiger partial charge in [0.2, 0.25) is 0 Å². The van der Waals surface area contributed by atoms with Crippen LogP contribution in [0.1, 0.15) is 6.92 Å². The van der Waals surface area contributed by atoms with E-state index in [1.807, 2.05) is 0 Å². The third-order valence-corrected chi connectivity index (χ3v) is 2.63. The molecule has 1 N–H and O–H groups in total. The number of hydrogen-bond acceptors (Lipinski definition) is 1. The summed E-state index contributed by atoms with van der Waals surface area (Å²) < 4.78 is 77.0. The van der Waals surface area contributed by atoms with Crippen molar-refractivity contribution in [2.75, 3.05) is 0 Å². The minimum atomic E-state index is -4.92. The lowest BCUT2D eigenvalue weighted by Crippen LogP contribution is -2.15. The molecule has 108 valence electrons. The van der Waals surface area contributed by atoms with E-state index in [1.54, 1.807) is 22.9 Å². The summed E-state index contributed by atoms with van der Waals surface area (Å²) in [5.41, 5.74) is -2.88. The molecule has 8 heteroatoms. The average Bonchev–Trinajstić information content (AvgIpc) is 2.23. The van der Waals surface area contributed by atoms with E-state index >= 15 is 0 Å². The van der Waals surface area contributed by atoms with Crippen molar-refractivity contribution in [1.82, 2.24) is 3.53 Å². The number of rotatable bonds is 4. The zero-order valence-electron chi connectivity index (χ0n) is 9.71. The molecule has 0 aromatic heterocycles. The van der Waals surface area contributed by atoms with Crippen LogP contribution < -0.4 is 3.53 Å². The number of hydrogen-bond donors (Lipinski definition) is 1. The van der Waals surface area contributed by atoms with E-state index in [9.17, 15) is 26.3 Å². The fraction of sp³-hybridized carbons (Fsp3) is 0.273. The van der Waals surface area contributed by atoms with Gasteiger partial charge in [-0.25, -0.2) is 0 Å². The lowest BCUT2D eigenvalue weighted by Gasteiger charge is -2.12. The van der Waals surface area contributed by atoms with Crippen LogP contribution in [-0.2, 0) is 0 Å². The average molecular weight is 397 g/mol. The number of nitrogens with one attached hydrogen (secondary N) is 1. The Kier molecular flexibility index (Phi) is 6.17. The summed E-state index contributed by atoms with van der Waals surface area (Å²) in [4.78, 5) is 0. The summed E-state index contributed by atoms with van der Waals surface area (Å²) in [6, 6.07) is 0. The van der Waals surface area contributed by atoms with Crippen LogP contribution in [-0.4, -0.2) is 12.4 Å². The molecule has 0 fully saturated rings. The number of allylic oxidation sites excluding steroid dienone is 4. The van der Waals surface area contributed by atoms with E-state index in [0.717, 1.165) is 0 Å². The highest BCUT2D eigenvalue weighted by Gasteiger charge is 2.36. The first-order chi connectivity index (χ1) is 8.39. The second-order valence-corrected chi connectivity index (χ2v) is 4.06. The molecule has 0 spiro atoms. The molecule has 0 aromatic carbocycles. The van der Waals surface area contributed by atoms with E-state index in [4.69, 9.17) is 0 Å². The van der Waals surface area contributed by atoms with Crippen molar-refractivity contribution >= 4 is 22.9 Å². The molecule has 0 rings (SSSR count). The maximum absolute atomic E-state index is 12.6. The molecule has 0 saturated heterocycles. The predicted molar refractivity (Wildman–Crippen MR) is 69.4 cm³/mol. The van der Waals surface area contributed by atoms with Gasteiger partial charge in [0.25, 0.3) is 0 Å². The van der Waals surface area contributed by atoms with Crippen LogP contribution in [0.4, 0.5) is 26.3 Å². The van der Waals surface area contributed by atoms with Crippen LogP contribution in [0, 0.1) is 0 Å². The first-order valence-electron chi connectivity index (χ1n) is 4.68. The quantitative estimate of drug-likeness (QED) is 0.305. The molecule has 19 heavy (non-hydrogen) atoms. The maximum Gasteiger partial charge on any atom is 0.416 e. The second-order valence-electron chi connectivity index (χ2n) is 3.52. The van der Waals surface area contributed by atoms with Gasteiger partial charge in [-0.2, -0.15) is 26.3 Å². The smallest absolute Gasteiger partial charge is 0.328 e. The van der Waals surface area contributed by atoms with Crippen LogP contribution in [0.3, 0.4) is 0 Å². The Morgan fingerprint density at radius 1 is 1.00 bits per heavy atom. The minimum absolute atomic E-state index is 0.0334. The van der Waals surface area contributed by atoms with E-state index in [0.29, 0.717) is 13.0 Å². The molecule has 0 amide bonds. The van der Waals surface area contributed by atoms with Gasteiger partial charge in [-0.15, -0.1) is 0 Å². The van der Waals surface area contributed by atoms with Crippen molar-refractivity contribution in [3.8, 4) is 0 Å². The standard InChI is InChI=1S/C11H10F6IN/c1-6(8(3)19-18)4-9(11(15,16)17)5-7(2)10(12,13)14/h4-5,19H,1,3H2,2H3/b7-5+,9-4+. The lowest BCUT2D eigenvalue weighted by atomic mass is 10.1. The summed E-state index contributed by atoms with van der Waals surface area (Å²) in [6.07, 6.45) is -9.19. The Morgan fingerprint density at radius 3 is 1.79 bits per heavy atom. The summed E-state index contributed by atoms with van der Waals surface area (Å²) in [7, 11) is 0. The molecule has 0 aliphatic carbocycles. The summed E-state index contributed by atoms with van der Waals surface area (Å²) in [5, 5.41) is 0. The highest BCUT2D eigenvalue weighted by molar-refractivity contribution is 14.1. The Bertz CT molecular complexity index is 427. The monoisotopic (exact) mass is 397 g/mol. The Balaban J connectivity index is 5.57. The van der Waals surface area contributed by atoms with Crippen molar-refractivity contribution in [3.63, 3.8) is 0 Å². The molecule has 0 unspecified atom stereocenters. The minimum Gasteiger partial charge on any atom is -0.328 e. The SMILES string of the molecule is C=C(/C=C(\C=C(/C)C(F)(F)F)C(F)(F)F)C(=C)NI. The van der Waals surface area contributed by atoms with Gasteiger partial charge in [0.05, 0.1) is 28.4 Å². The summed E-state index contributed by atoms with van der Waals surface area (Å²) in [6.45, 7) is 7.22. The van der Waals surface area contributed by atoms with Gasteiger partial charge in [0.15, 0.2) is 0 Å². The van der Waals surface area contributed by atoms with Crippen LogP contribution >= 0.6 is 22.9 Å². The van der Waals surface area contributed by atoms with Gasteiger partial charge in [0, 0.05) is 11.3 Å². The van der Waals surface area contributed by atoms with Crippen LogP contribution in [0.2, 0.25) is 0 Å². The Hall–Kier alpha value is -0.930. The fourth-order valence-corrected chi connectivity index (χ4v) is 1.20. The van der Waals surface area contributed by atoms with Gasteiger partial charge in [-0.3, -0.25) is 0 Å². The highest BCUT2D eigenvalue weighted by Crippen LogP contribution is 2.33. The molecule has 0 aliphatic heterocycles. The first-order valence-corrected chi connectivity index (χ1v) is 5.76. The lowest BCUT2D eigenvalue weighted by molar-refractivity contribution is -0.0953. The highest BCUT2D eigenvalue weighted by atomic mass is 127. The van der Waals surface area contributed by atoms with E-state index in [2.05, 4.69) is 16.7 Å². The largest absolute Gasteiger partial charge is 0.416 e. The molecule has 0 saturated carbocycles. The van der Waals surface area contributed by atoms with Gasteiger partial charge < -0.3 is 3.53 Å². The third-order valence-electron chi connectivity index (χ3n) is 1.98. The van der Waals surface area contributed by atoms with Gasteiger partial charge in [-0.05, 0) is 24.6 Å². The first kappa shape index (κ1) is 18.1. The van der Waals surface area contributed by atoms with Crippen molar-refractivity contribution < 1.29 is 26.3 Å². The van der Waals surface area contributed by atoms with Gasteiger partial charge in [-0.1, -0.05) is 13.2 Å². The molecule has 1 nitrogen and oxygen atoms in total. The maximum atomic E-state index is 12.6. The zero-order chi connectivity index (χ0) is 15.4. The number of alkyl halides is 6. The fourth-order valence-electron chi connectivity index (χ4n) is 0.856. The molecule has 0 aliphatic rings. The molecule has 0 bridgehead atoms. The van der Waals surface area contributed by atoms with Crippen molar-refractivity contribution in [2.24, 2.45) is 0 Å². The van der Waals surface area contributed by atoms with Gasteiger partial charge >= 0.3 is 12.4 Å². The molecule has 0 aromatic rings. The van der Waals surface area contributed by atoms with Crippen LogP contribution in [0.5, 0.6) is 0 Å². The van der Waals surface area contributed by atoms with Crippen molar-refractivity contribution in [2.45, 2.75) is 19.3 Å². The summed E-state index contributed by atoms with van der Waals surface area (Å²) in [5.74, 6) is 0. The molecular weight excluding hydrogens is 387 g/mol. The molecule has 0 heterocycles. The Morgan fingerprint density at radius 2 is 1.47 bits per heavy atom. The number of halogens is 7. The normalized spacial score (nSPS) is 14.3. The predicted octanol–water partition coefficient (Wildman–Crippen LogP) is 4.99. The zero-order valence-corrected chi connectivity index (χ0v) is 11.9. The van der Waals surface area contributed by atoms with Gasteiger partial charge in [0.1, 0.15) is 0 Å². The Labute approximate surface area is 120 Å².